The van der Waals surface area contributed by atoms with Crippen molar-refractivity contribution in [1.82, 2.24) is 0 Å². The number of hydrogen-bond acceptors (Lipinski definition) is 2. The minimum atomic E-state index is 0.0699. The highest BCUT2D eigenvalue weighted by atomic mass is 127. The predicted molar refractivity (Wildman–Crippen MR) is 93.7 cm³/mol. The molecule has 1 aliphatic heterocycles. The van der Waals surface area contributed by atoms with Gasteiger partial charge >= 0.3 is 0 Å². The second kappa shape index (κ2) is 6.15. The standard InChI is InChI=1S/C17H17IN2O/c18-14-5-3-4-12(10-14)17(21)20-11-13(8-9-19)15-6-1-2-7-16(15)20/h1-7,10,13H,8-9,11,19H2. The third-order valence-corrected chi connectivity index (χ3v) is 4.57. The van der Waals surface area contributed by atoms with E-state index in [0.29, 0.717) is 12.5 Å². The number of carbonyl (C=O) groups excluding carboxylic acids is 1. The quantitative estimate of drug-likeness (QED) is 0.815. The third-order valence-electron chi connectivity index (χ3n) is 3.90. The maximum atomic E-state index is 12.8. The molecule has 1 unspecified atom stereocenters. The zero-order valence-corrected chi connectivity index (χ0v) is 13.8. The maximum Gasteiger partial charge on any atom is 0.258 e. The number of para-hydroxylation sites is 1. The van der Waals surface area contributed by atoms with Crippen molar-refractivity contribution in [3.05, 3.63) is 63.2 Å². The lowest BCUT2D eigenvalue weighted by Gasteiger charge is -2.18. The van der Waals surface area contributed by atoms with Gasteiger partial charge in [0.25, 0.3) is 5.91 Å². The SMILES string of the molecule is NCCC1CN(C(=O)c2cccc(I)c2)c2ccccc21. The number of fused-ring (bicyclic) bond motifs is 1. The van der Waals surface area contributed by atoms with Crippen molar-refractivity contribution in [1.29, 1.82) is 0 Å². The molecule has 1 aliphatic rings. The fourth-order valence-electron chi connectivity index (χ4n) is 2.91. The van der Waals surface area contributed by atoms with Crippen molar-refractivity contribution >= 4 is 34.2 Å². The first-order valence-corrected chi connectivity index (χ1v) is 8.15. The normalized spacial score (nSPS) is 16.9. The number of nitrogens with zero attached hydrogens (tertiary/aromatic N) is 1. The van der Waals surface area contributed by atoms with Crippen LogP contribution in [0.4, 0.5) is 5.69 Å². The summed E-state index contributed by atoms with van der Waals surface area (Å²) in [6, 6.07) is 15.9. The molecule has 0 saturated carbocycles. The lowest BCUT2D eigenvalue weighted by molar-refractivity contribution is 0.0988. The molecule has 108 valence electrons. The highest BCUT2D eigenvalue weighted by Crippen LogP contribution is 2.38. The second-order valence-electron chi connectivity index (χ2n) is 5.26. The number of carbonyl (C=O) groups is 1. The Kier molecular flexibility index (Phi) is 4.26. The molecule has 1 atom stereocenters. The number of nitrogens with two attached hydrogens (primary N) is 1. The van der Waals surface area contributed by atoms with E-state index in [2.05, 4.69) is 28.7 Å². The fourth-order valence-corrected chi connectivity index (χ4v) is 3.46. The van der Waals surface area contributed by atoms with E-state index in [0.717, 1.165) is 27.8 Å². The summed E-state index contributed by atoms with van der Waals surface area (Å²) in [4.78, 5) is 14.7. The minimum Gasteiger partial charge on any atom is -0.330 e. The molecule has 0 radical (unpaired) electrons. The number of halogens is 1. The molecule has 0 fully saturated rings. The fraction of sp³-hybridized carbons (Fsp3) is 0.235. The first kappa shape index (κ1) is 14.5. The Morgan fingerprint density at radius 3 is 2.81 bits per heavy atom. The summed E-state index contributed by atoms with van der Waals surface area (Å²) in [6.07, 6.45) is 0.910. The van der Waals surface area contributed by atoms with Crippen LogP contribution in [0.2, 0.25) is 0 Å². The Hall–Kier alpha value is -1.40. The van der Waals surface area contributed by atoms with Crippen molar-refractivity contribution in [3.63, 3.8) is 0 Å². The Labute approximate surface area is 138 Å². The molecule has 3 nitrogen and oxygen atoms in total. The number of rotatable bonds is 3. The van der Waals surface area contributed by atoms with E-state index in [1.54, 1.807) is 0 Å². The van der Waals surface area contributed by atoms with Crippen molar-refractivity contribution in [2.75, 3.05) is 18.0 Å². The van der Waals surface area contributed by atoms with Crippen LogP contribution in [0, 0.1) is 3.57 Å². The summed E-state index contributed by atoms with van der Waals surface area (Å²) >= 11 is 2.23. The molecule has 4 heteroatoms. The Balaban J connectivity index is 1.95. The highest BCUT2D eigenvalue weighted by Gasteiger charge is 2.31. The van der Waals surface area contributed by atoms with Crippen molar-refractivity contribution in [3.8, 4) is 0 Å². The van der Waals surface area contributed by atoms with Gasteiger partial charge in [-0.05, 0) is 65.4 Å². The van der Waals surface area contributed by atoms with Gasteiger partial charge in [-0.25, -0.2) is 0 Å². The van der Waals surface area contributed by atoms with Crippen LogP contribution in [-0.4, -0.2) is 19.0 Å². The molecule has 2 aromatic rings. The molecule has 0 aromatic heterocycles. The van der Waals surface area contributed by atoms with Crippen LogP contribution < -0.4 is 10.6 Å². The zero-order valence-electron chi connectivity index (χ0n) is 11.6. The minimum absolute atomic E-state index is 0.0699. The molecular formula is C17H17IN2O. The number of benzene rings is 2. The van der Waals surface area contributed by atoms with Crippen LogP contribution in [-0.2, 0) is 0 Å². The Morgan fingerprint density at radius 2 is 2.05 bits per heavy atom. The molecule has 2 N–H and O–H groups in total. The Morgan fingerprint density at radius 1 is 1.24 bits per heavy atom. The van der Waals surface area contributed by atoms with E-state index in [1.165, 1.54) is 5.56 Å². The topological polar surface area (TPSA) is 46.3 Å². The largest absolute Gasteiger partial charge is 0.330 e. The van der Waals surface area contributed by atoms with Crippen LogP contribution >= 0.6 is 22.6 Å². The van der Waals surface area contributed by atoms with Gasteiger partial charge in [-0.2, -0.15) is 0 Å². The molecule has 0 spiro atoms. The van der Waals surface area contributed by atoms with Crippen molar-refractivity contribution < 1.29 is 4.79 Å². The van der Waals surface area contributed by atoms with Crippen LogP contribution in [0.5, 0.6) is 0 Å². The number of hydrogen-bond donors (Lipinski definition) is 1. The number of anilines is 1. The summed E-state index contributed by atoms with van der Waals surface area (Å²) in [5.74, 6) is 0.415. The monoisotopic (exact) mass is 392 g/mol. The molecule has 1 amide bonds. The molecule has 1 heterocycles. The molecule has 0 bridgehead atoms. The summed E-state index contributed by atoms with van der Waals surface area (Å²) in [7, 11) is 0. The molecular weight excluding hydrogens is 375 g/mol. The average molecular weight is 392 g/mol. The first-order valence-electron chi connectivity index (χ1n) is 7.07. The van der Waals surface area contributed by atoms with E-state index in [9.17, 15) is 4.79 Å². The highest BCUT2D eigenvalue weighted by molar-refractivity contribution is 14.1. The van der Waals surface area contributed by atoms with Gasteiger partial charge in [0.15, 0.2) is 0 Å². The zero-order chi connectivity index (χ0) is 14.8. The van der Waals surface area contributed by atoms with E-state index in [4.69, 9.17) is 5.73 Å². The molecule has 3 rings (SSSR count). The average Bonchev–Trinajstić information content (AvgIpc) is 2.86. The Bertz CT molecular complexity index is 671. The maximum absolute atomic E-state index is 12.8. The van der Waals surface area contributed by atoms with Gasteiger partial charge in [-0.1, -0.05) is 24.3 Å². The number of amides is 1. The van der Waals surface area contributed by atoms with Gasteiger partial charge in [0.05, 0.1) is 0 Å². The van der Waals surface area contributed by atoms with Crippen LogP contribution in [0.3, 0.4) is 0 Å². The van der Waals surface area contributed by atoms with Crippen LogP contribution in [0.1, 0.15) is 28.3 Å². The van der Waals surface area contributed by atoms with Gasteiger partial charge < -0.3 is 10.6 Å². The lowest BCUT2D eigenvalue weighted by atomic mass is 9.98. The summed E-state index contributed by atoms with van der Waals surface area (Å²) < 4.78 is 1.07. The van der Waals surface area contributed by atoms with Gasteiger partial charge in [0.2, 0.25) is 0 Å². The van der Waals surface area contributed by atoms with E-state index in [1.807, 2.05) is 47.4 Å². The van der Waals surface area contributed by atoms with Crippen LogP contribution in [0.15, 0.2) is 48.5 Å². The summed E-state index contributed by atoms with van der Waals surface area (Å²) in [5.41, 5.74) is 8.72. The predicted octanol–water partition coefficient (Wildman–Crippen LogP) is 3.38. The van der Waals surface area contributed by atoms with Crippen LogP contribution in [0.25, 0.3) is 0 Å². The molecule has 0 saturated heterocycles. The van der Waals surface area contributed by atoms with E-state index in [-0.39, 0.29) is 5.91 Å². The van der Waals surface area contributed by atoms with Gasteiger partial charge in [-0.3, -0.25) is 4.79 Å². The van der Waals surface area contributed by atoms with Gasteiger partial charge in [0, 0.05) is 27.3 Å². The third kappa shape index (κ3) is 2.82. The van der Waals surface area contributed by atoms with E-state index < -0.39 is 0 Å². The first-order chi connectivity index (χ1) is 10.2. The summed E-state index contributed by atoms with van der Waals surface area (Å²) in [5, 5.41) is 0. The lowest BCUT2D eigenvalue weighted by Crippen LogP contribution is -2.30. The second-order valence-corrected chi connectivity index (χ2v) is 6.50. The molecule has 21 heavy (non-hydrogen) atoms. The molecule has 0 aliphatic carbocycles. The smallest absolute Gasteiger partial charge is 0.258 e. The van der Waals surface area contributed by atoms with Gasteiger partial charge in [0.1, 0.15) is 0 Å². The molecule has 2 aromatic carbocycles. The van der Waals surface area contributed by atoms with Crippen molar-refractivity contribution in [2.45, 2.75) is 12.3 Å². The van der Waals surface area contributed by atoms with Crippen molar-refractivity contribution in [2.24, 2.45) is 5.73 Å². The van der Waals surface area contributed by atoms with E-state index >= 15 is 0 Å². The summed E-state index contributed by atoms with van der Waals surface area (Å²) in [6.45, 7) is 1.37. The van der Waals surface area contributed by atoms with Gasteiger partial charge in [-0.15, -0.1) is 0 Å².